The van der Waals surface area contributed by atoms with Gasteiger partial charge in [0.05, 0.1) is 24.4 Å². The number of piperazine rings is 1. The second-order valence-electron chi connectivity index (χ2n) is 12.8. The van der Waals surface area contributed by atoms with Gasteiger partial charge in [-0.3, -0.25) is 0 Å². The molecule has 2 aromatic heterocycles. The van der Waals surface area contributed by atoms with Gasteiger partial charge in [-0.25, -0.2) is 32.5 Å². The zero-order valence-corrected chi connectivity index (χ0v) is 28.4. The summed E-state index contributed by atoms with van der Waals surface area (Å²) in [6, 6.07) is 18.6. The lowest BCUT2D eigenvalue weighted by atomic mass is 10.0. The van der Waals surface area contributed by atoms with Crippen LogP contribution < -0.4 is 20.2 Å². The minimum absolute atomic E-state index is 0.0259. The molecule has 2 aliphatic heterocycles. The van der Waals surface area contributed by atoms with Crippen molar-refractivity contribution in [2.45, 2.75) is 50.8 Å². The first kappa shape index (κ1) is 34.3. The molecule has 5 aromatic rings. The van der Waals surface area contributed by atoms with Crippen molar-refractivity contribution in [1.82, 2.24) is 29.1 Å². The van der Waals surface area contributed by atoms with Crippen molar-refractivity contribution in [2.75, 3.05) is 49.2 Å². The van der Waals surface area contributed by atoms with E-state index < -0.39 is 29.6 Å². The quantitative estimate of drug-likeness (QED) is 0.205. The van der Waals surface area contributed by atoms with Gasteiger partial charge in [-0.15, -0.1) is 0 Å². The fourth-order valence-electron chi connectivity index (χ4n) is 6.71. The molecule has 2 aliphatic rings. The minimum atomic E-state index is -1.52. The number of nitrogens with zero attached hydrogens (tertiary/aromatic N) is 8. The molecule has 4 heterocycles. The molecular weight excluding hydrogens is 662 g/mol. The summed E-state index contributed by atoms with van der Waals surface area (Å²) < 4.78 is 51.2. The van der Waals surface area contributed by atoms with Gasteiger partial charge in [-0.05, 0) is 74.0 Å². The average molecular weight is 703 g/mol. The first-order chi connectivity index (χ1) is 24.7. The standard InChI is InChI=1S/C36H40F2N8O5/c1-3-34(25(2)47)46-35(48)45(24-41-46)29-7-5-27(6-8-29)42-14-16-43(17-15-42)28-9-11-30(12-10-28)49-19-31-20-50-36(51-31,21-44-23-39-22-40-44)32-13-4-26(37)18-33(32)38/h4-13,18,22-25,31,34,47H,3,14-17,19-21H2,1-2H3. The third-order valence-corrected chi connectivity index (χ3v) is 9.43. The lowest BCUT2D eigenvalue weighted by Gasteiger charge is -2.37. The summed E-state index contributed by atoms with van der Waals surface area (Å²) >= 11 is 0. The SMILES string of the molecule is CCC(C(C)O)n1ncn(-c2ccc(N3CCN(c4ccc(OCC5COC(Cn6cncn6)(c6ccc(F)cc6F)O5)cc4)CC3)cc2)c1=O. The summed E-state index contributed by atoms with van der Waals surface area (Å²) in [4.78, 5) is 21.6. The summed E-state index contributed by atoms with van der Waals surface area (Å²) in [7, 11) is 0. The largest absolute Gasteiger partial charge is 0.491 e. The predicted molar refractivity (Wildman–Crippen MR) is 184 cm³/mol. The number of benzene rings is 3. The Hall–Kier alpha value is -5.12. The van der Waals surface area contributed by atoms with Gasteiger partial charge in [0.1, 0.15) is 55.6 Å². The van der Waals surface area contributed by atoms with E-state index in [2.05, 4.69) is 25.0 Å². The van der Waals surface area contributed by atoms with Crippen LogP contribution >= 0.6 is 0 Å². The van der Waals surface area contributed by atoms with Crippen LogP contribution in [-0.4, -0.2) is 85.8 Å². The molecule has 0 bridgehead atoms. The zero-order valence-electron chi connectivity index (χ0n) is 28.4. The maximum Gasteiger partial charge on any atom is 0.350 e. The maximum absolute atomic E-state index is 14.9. The van der Waals surface area contributed by atoms with E-state index in [9.17, 15) is 18.7 Å². The zero-order chi connectivity index (χ0) is 35.5. The molecule has 2 saturated heterocycles. The molecule has 4 unspecified atom stereocenters. The Morgan fingerprint density at radius 1 is 0.941 bits per heavy atom. The Labute approximate surface area is 293 Å². The summed E-state index contributed by atoms with van der Waals surface area (Å²) in [5.74, 6) is -2.33. The van der Waals surface area contributed by atoms with Crippen LogP contribution in [0.1, 0.15) is 31.9 Å². The van der Waals surface area contributed by atoms with Crippen LogP contribution in [0.3, 0.4) is 0 Å². The van der Waals surface area contributed by atoms with Gasteiger partial charge in [0.25, 0.3) is 0 Å². The van der Waals surface area contributed by atoms with E-state index in [1.807, 2.05) is 55.5 Å². The van der Waals surface area contributed by atoms with Crippen molar-refractivity contribution in [3.05, 3.63) is 113 Å². The molecule has 7 rings (SSSR count). The fraction of sp³-hybridized carbons (Fsp3) is 0.389. The van der Waals surface area contributed by atoms with Crippen molar-refractivity contribution in [2.24, 2.45) is 0 Å². The number of ether oxygens (including phenoxy) is 3. The van der Waals surface area contributed by atoms with Gasteiger partial charge < -0.3 is 29.1 Å². The van der Waals surface area contributed by atoms with E-state index in [0.717, 1.165) is 49.3 Å². The topological polar surface area (TPSA) is 125 Å². The Balaban J connectivity index is 0.923. The highest BCUT2D eigenvalue weighted by Crippen LogP contribution is 2.38. The van der Waals surface area contributed by atoms with Gasteiger partial charge in [-0.2, -0.15) is 10.2 Å². The third-order valence-electron chi connectivity index (χ3n) is 9.43. The van der Waals surface area contributed by atoms with Crippen molar-refractivity contribution in [3.8, 4) is 11.4 Å². The molecule has 3 aromatic carbocycles. The van der Waals surface area contributed by atoms with Crippen LogP contribution in [0.5, 0.6) is 5.75 Å². The van der Waals surface area contributed by atoms with Gasteiger partial charge in [0.2, 0.25) is 5.79 Å². The number of halogens is 2. The first-order valence-corrected chi connectivity index (χ1v) is 17.0. The molecular formula is C36H40F2N8O5. The highest BCUT2D eigenvalue weighted by molar-refractivity contribution is 5.54. The van der Waals surface area contributed by atoms with Crippen LogP contribution in [0.4, 0.5) is 20.2 Å². The number of hydrogen-bond acceptors (Lipinski definition) is 10. The van der Waals surface area contributed by atoms with Crippen LogP contribution in [0, 0.1) is 11.6 Å². The molecule has 4 atom stereocenters. The third kappa shape index (κ3) is 7.22. The molecule has 0 aliphatic carbocycles. The van der Waals surface area contributed by atoms with Crippen LogP contribution in [0.15, 0.2) is 90.5 Å². The van der Waals surface area contributed by atoms with E-state index in [-0.39, 0.29) is 37.1 Å². The maximum atomic E-state index is 14.9. The predicted octanol–water partition coefficient (Wildman–Crippen LogP) is 3.91. The number of rotatable bonds is 12. The first-order valence-electron chi connectivity index (χ1n) is 17.0. The van der Waals surface area contributed by atoms with E-state index in [0.29, 0.717) is 12.2 Å². The average Bonchev–Trinajstić information content (AvgIpc) is 3.90. The summed E-state index contributed by atoms with van der Waals surface area (Å²) in [6.07, 6.45) is 3.74. The van der Waals surface area contributed by atoms with E-state index in [4.69, 9.17) is 14.2 Å². The Morgan fingerprint density at radius 3 is 2.22 bits per heavy atom. The smallest absolute Gasteiger partial charge is 0.350 e. The van der Waals surface area contributed by atoms with E-state index in [1.54, 1.807) is 6.92 Å². The van der Waals surface area contributed by atoms with Crippen LogP contribution in [0.25, 0.3) is 5.69 Å². The molecule has 0 radical (unpaired) electrons. The second-order valence-corrected chi connectivity index (χ2v) is 12.8. The normalized spacial score (nSPS) is 20.5. The van der Waals surface area contributed by atoms with Crippen LogP contribution in [0.2, 0.25) is 0 Å². The number of aromatic nitrogens is 6. The molecule has 51 heavy (non-hydrogen) atoms. The van der Waals surface area contributed by atoms with Crippen molar-refractivity contribution in [3.63, 3.8) is 0 Å². The molecule has 0 saturated carbocycles. The van der Waals surface area contributed by atoms with Gasteiger partial charge in [-0.1, -0.05) is 6.92 Å². The molecule has 2 fully saturated rings. The van der Waals surface area contributed by atoms with Crippen LogP contribution in [-0.2, 0) is 21.8 Å². The summed E-state index contributed by atoms with van der Waals surface area (Å²) in [5.41, 5.74) is 2.67. The summed E-state index contributed by atoms with van der Waals surface area (Å²) in [6.45, 7) is 7.22. The lowest BCUT2D eigenvalue weighted by Crippen LogP contribution is -2.46. The second kappa shape index (κ2) is 14.6. The van der Waals surface area contributed by atoms with Gasteiger partial charge in [0, 0.05) is 49.2 Å². The Morgan fingerprint density at radius 2 is 1.61 bits per heavy atom. The molecule has 1 N–H and O–H groups in total. The molecule has 13 nitrogen and oxygen atoms in total. The number of aliphatic hydroxyl groups excluding tert-OH is 1. The monoisotopic (exact) mass is 702 g/mol. The van der Waals surface area contributed by atoms with E-state index >= 15 is 0 Å². The van der Waals surface area contributed by atoms with Gasteiger partial charge in [0.15, 0.2) is 0 Å². The Kier molecular flexibility index (Phi) is 9.84. The lowest BCUT2D eigenvalue weighted by molar-refractivity contribution is -0.192. The molecule has 0 spiro atoms. The highest BCUT2D eigenvalue weighted by Gasteiger charge is 2.46. The highest BCUT2D eigenvalue weighted by atomic mass is 19.1. The minimum Gasteiger partial charge on any atom is -0.491 e. The van der Waals surface area contributed by atoms with Gasteiger partial charge >= 0.3 is 5.69 Å². The number of aliphatic hydroxyl groups is 1. The number of hydrogen-bond donors (Lipinski definition) is 1. The number of anilines is 2. The molecule has 268 valence electrons. The Bertz CT molecular complexity index is 1960. The fourth-order valence-corrected chi connectivity index (χ4v) is 6.71. The summed E-state index contributed by atoms with van der Waals surface area (Å²) in [5, 5.41) is 18.4. The van der Waals surface area contributed by atoms with Crippen molar-refractivity contribution >= 4 is 11.4 Å². The molecule has 0 amide bonds. The molecule has 15 heteroatoms. The van der Waals surface area contributed by atoms with Crippen molar-refractivity contribution in [1.29, 1.82) is 0 Å². The van der Waals surface area contributed by atoms with Crippen molar-refractivity contribution < 1.29 is 28.1 Å². The van der Waals surface area contributed by atoms with E-state index in [1.165, 1.54) is 45.0 Å².